The molecule has 0 spiro atoms. The Morgan fingerprint density at radius 3 is 2.96 bits per heavy atom. The summed E-state index contributed by atoms with van der Waals surface area (Å²) in [6.07, 6.45) is 6.73. The van der Waals surface area contributed by atoms with E-state index in [1.54, 1.807) is 23.3 Å². The van der Waals surface area contributed by atoms with Crippen LogP contribution in [0.4, 0.5) is 0 Å². The van der Waals surface area contributed by atoms with Gasteiger partial charge in [0.2, 0.25) is 0 Å². The average molecular weight is 343 g/mol. The van der Waals surface area contributed by atoms with Crippen molar-refractivity contribution in [3.8, 4) is 0 Å². The van der Waals surface area contributed by atoms with Crippen LogP contribution in [0.15, 0.2) is 52.6 Å². The standard InChI is InChI=1S/C17H17N3O3S/c21-17(18-15-7-5-12-3-1-2-4-14(12)15)13-6-8-16-19-24(22,23)10-9-20(16)11-13/h1-4,6,8,11,15H,5,7,9-10H2,(H,18,21). The molecule has 2 aliphatic heterocycles. The molecule has 0 saturated carbocycles. The van der Waals surface area contributed by atoms with Crippen LogP contribution in [0.3, 0.4) is 0 Å². The van der Waals surface area contributed by atoms with Crippen molar-refractivity contribution >= 4 is 21.8 Å². The molecule has 124 valence electrons. The number of nitrogens with zero attached hydrogens (tertiary/aromatic N) is 2. The van der Waals surface area contributed by atoms with Gasteiger partial charge in [-0.1, -0.05) is 24.3 Å². The summed E-state index contributed by atoms with van der Waals surface area (Å²) in [5.41, 5.74) is 2.97. The van der Waals surface area contributed by atoms with E-state index in [9.17, 15) is 13.2 Å². The number of aryl methyl sites for hydroxylation is 1. The van der Waals surface area contributed by atoms with Crippen molar-refractivity contribution < 1.29 is 13.2 Å². The monoisotopic (exact) mass is 343 g/mol. The highest BCUT2D eigenvalue weighted by Crippen LogP contribution is 2.31. The van der Waals surface area contributed by atoms with Gasteiger partial charge in [-0.15, -0.1) is 4.40 Å². The second-order valence-electron chi connectivity index (χ2n) is 6.11. The zero-order valence-electron chi connectivity index (χ0n) is 13.0. The lowest BCUT2D eigenvalue weighted by molar-refractivity contribution is -0.118. The fourth-order valence-corrected chi connectivity index (χ4v) is 4.25. The first-order valence-electron chi connectivity index (χ1n) is 7.90. The van der Waals surface area contributed by atoms with E-state index in [1.165, 1.54) is 11.1 Å². The van der Waals surface area contributed by atoms with Crippen LogP contribution >= 0.6 is 0 Å². The van der Waals surface area contributed by atoms with E-state index in [4.69, 9.17) is 0 Å². The third-order valence-corrected chi connectivity index (χ3v) is 5.69. The molecule has 1 aliphatic carbocycles. The molecule has 1 atom stereocenters. The lowest BCUT2D eigenvalue weighted by Gasteiger charge is -2.27. The quantitative estimate of drug-likeness (QED) is 0.878. The van der Waals surface area contributed by atoms with Gasteiger partial charge in [0.1, 0.15) is 5.84 Å². The van der Waals surface area contributed by atoms with Crippen LogP contribution in [-0.4, -0.2) is 37.4 Å². The van der Waals surface area contributed by atoms with E-state index in [-0.39, 0.29) is 17.7 Å². The molecule has 1 N–H and O–H groups in total. The average Bonchev–Trinajstić information content (AvgIpc) is 2.97. The smallest absolute Gasteiger partial charge is 0.256 e. The lowest BCUT2D eigenvalue weighted by Crippen LogP contribution is -2.38. The molecule has 0 radical (unpaired) electrons. The zero-order valence-corrected chi connectivity index (χ0v) is 13.8. The molecule has 1 amide bonds. The number of carbonyl (C=O) groups excluding carboxylic acids is 1. The molecule has 24 heavy (non-hydrogen) atoms. The van der Waals surface area contributed by atoms with E-state index >= 15 is 0 Å². The van der Waals surface area contributed by atoms with Crippen molar-refractivity contribution in [2.75, 3.05) is 12.3 Å². The molecule has 0 saturated heterocycles. The van der Waals surface area contributed by atoms with Crippen LogP contribution in [0, 0.1) is 0 Å². The van der Waals surface area contributed by atoms with Crippen LogP contribution in [0.2, 0.25) is 0 Å². The van der Waals surface area contributed by atoms with Crippen LogP contribution in [0.1, 0.15) is 23.6 Å². The minimum Gasteiger partial charge on any atom is -0.345 e. The third kappa shape index (κ3) is 2.75. The topological polar surface area (TPSA) is 78.8 Å². The Kier molecular flexibility index (Phi) is 3.53. The Morgan fingerprint density at radius 2 is 2.08 bits per heavy atom. The molecule has 0 aromatic heterocycles. The number of sulfonamides is 1. The van der Waals surface area contributed by atoms with Crippen LogP contribution in [-0.2, 0) is 21.2 Å². The van der Waals surface area contributed by atoms with Gasteiger partial charge in [0.05, 0.1) is 17.4 Å². The van der Waals surface area contributed by atoms with Gasteiger partial charge in [-0.05, 0) is 36.1 Å². The van der Waals surface area contributed by atoms with E-state index in [2.05, 4.69) is 21.8 Å². The van der Waals surface area contributed by atoms with Gasteiger partial charge in [0.25, 0.3) is 15.9 Å². The van der Waals surface area contributed by atoms with Gasteiger partial charge in [-0.2, -0.15) is 0 Å². The summed E-state index contributed by atoms with van der Waals surface area (Å²) in [6, 6.07) is 8.18. The molecule has 1 aromatic rings. The van der Waals surface area contributed by atoms with Gasteiger partial charge >= 0.3 is 0 Å². The van der Waals surface area contributed by atoms with Crippen LogP contribution in [0.5, 0.6) is 0 Å². The Balaban J connectivity index is 1.51. The highest BCUT2D eigenvalue weighted by molar-refractivity contribution is 7.90. The molecular weight excluding hydrogens is 326 g/mol. The summed E-state index contributed by atoms with van der Waals surface area (Å²) in [7, 11) is -3.38. The summed E-state index contributed by atoms with van der Waals surface area (Å²) in [5, 5.41) is 3.07. The maximum atomic E-state index is 12.6. The minimum atomic E-state index is -3.38. The Bertz CT molecular complexity index is 899. The van der Waals surface area contributed by atoms with Crippen molar-refractivity contribution in [2.45, 2.75) is 18.9 Å². The maximum absolute atomic E-state index is 12.6. The van der Waals surface area contributed by atoms with Gasteiger partial charge < -0.3 is 10.2 Å². The molecule has 1 aromatic carbocycles. The summed E-state index contributed by atoms with van der Waals surface area (Å²) in [4.78, 5) is 14.3. The fraction of sp³-hybridized carbons (Fsp3) is 0.294. The van der Waals surface area contributed by atoms with Gasteiger partial charge in [0, 0.05) is 12.7 Å². The Hall–Kier alpha value is -2.41. The number of hydrogen-bond acceptors (Lipinski definition) is 4. The highest BCUT2D eigenvalue weighted by Gasteiger charge is 2.27. The maximum Gasteiger partial charge on any atom is 0.256 e. The lowest BCUT2D eigenvalue weighted by atomic mass is 10.1. The molecule has 6 nitrogen and oxygen atoms in total. The summed E-state index contributed by atoms with van der Waals surface area (Å²) in [5.74, 6) is 0.176. The number of rotatable bonds is 2. The van der Waals surface area contributed by atoms with Crippen molar-refractivity contribution in [3.63, 3.8) is 0 Å². The number of fused-ring (bicyclic) bond motifs is 2. The van der Waals surface area contributed by atoms with E-state index < -0.39 is 10.0 Å². The normalized spacial score (nSPS) is 23.8. The summed E-state index contributed by atoms with van der Waals surface area (Å²) >= 11 is 0. The second-order valence-corrected chi connectivity index (χ2v) is 7.86. The molecular formula is C17H17N3O3S. The van der Waals surface area contributed by atoms with Gasteiger partial charge in [-0.3, -0.25) is 4.79 Å². The Morgan fingerprint density at radius 1 is 1.25 bits per heavy atom. The number of hydrogen-bond donors (Lipinski definition) is 1. The predicted octanol–water partition coefficient (Wildman–Crippen LogP) is 1.29. The predicted molar refractivity (Wildman–Crippen MR) is 90.8 cm³/mol. The fourth-order valence-electron chi connectivity index (χ4n) is 3.28. The van der Waals surface area contributed by atoms with E-state index in [1.807, 2.05) is 12.1 Å². The molecule has 0 fully saturated rings. The SMILES string of the molecule is O=C(NC1CCc2ccccc21)C1=CN2CCS(=O)(=O)N=C2C=C1. The second kappa shape index (κ2) is 5.59. The molecule has 3 aliphatic rings. The number of amidine groups is 1. The van der Waals surface area contributed by atoms with Crippen molar-refractivity contribution in [2.24, 2.45) is 4.40 Å². The number of carbonyl (C=O) groups is 1. The molecule has 1 unspecified atom stereocenters. The molecule has 4 rings (SSSR count). The van der Waals surface area contributed by atoms with E-state index in [0.717, 1.165) is 12.8 Å². The molecule has 2 heterocycles. The van der Waals surface area contributed by atoms with Gasteiger partial charge in [-0.25, -0.2) is 8.42 Å². The third-order valence-electron chi connectivity index (χ3n) is 4.52. The highest BCUT2D eigenvalue weighted by atomic mass is 32.2. The summed E-state index contributed by atoms with van der Waals surface area (Å²) < 4.78 is 26.8. The first-order valence-corrected chi connectivity index (χ1v) is 9.51. The first-order chi connectivity index (χ1) is 11.5. The number of nitrogens with one attached hydrogen (secondary N) is 1. The zero-order chi connectivity index (χ0) is 16.7. The Labute approximate surface area is 140 Å². The summed E-state index contributed by atoms with van der Waals surface area (Å²) in [6.45, 7) is 0.314. The first kappa shape index (κ1) is 15.1. The number of benzene rings is 1. The van der Waals surface area contributed by atoms with E-state index in [0.29, 0.717) is 18.0 Å². The molecule has 7 heteroatoms. The van der Waals surface area contributed by atoms with Crippen molar-refractivity contribution in [3.05, 3.63) is 59.3 Å². The van der Waals surface area contributed by atoms with Crippen molar-refractivity contribution in [1.29, 1.82) is 0 Å². The van der Waals surface area contributed by atoms with Crippen LogP contribution in [0.25, 0.3) is 0 Å². The molecule has 0 bridgehead atoms. The largest absolute Gasteiger partial charge is 0.345 e. The van der Waals surface area contributed by atoms with Gasteiger partial charge in [0.15, 0.2) is 0 Å². The van der Waals surface area contributed by atoms with Crippen molar-refractivity contribution in [1.82, 2.24) is 10.2 Å². The number of amides is 1. The van der Waals surface area contributed by atoms with Crippen LogP contribution < -0.4 is 5.32 Å². The minimum absolute atomic E-state index is 0.0276.